The van der Waals surface area contributed by atoms with Crippen LogP contribution in [0.2, 0.25) is 18.1 Å². The number of hydrogen-bond acceptors (Lipinski definition) is 5. The third-order valence-corrected chi connectivity index (χ3v) is 12.1. The highest BCUT2D eigenvalue weighted by Gasteiger charge is 2.49. The van der Waals surface area contributed by atoms with Crippen LogP contribution in [0.25, 0.3) is 0 Å². The van der Waals surface area contributed by atoms with Crippen molar-refractivity contribution in [2.45, 2.75) is 109 Å². The molecule has 1 N–H and O–H groups in total. The Hall–Kier alpha value is -0.993. The van der Waals surface area contributed by atoms with Gasteiger partial charge in [-0.2, -0.15) is 0 Å². The van der Waals surface area contributed by atoms with Crippen LogP contribution >= 0.6 is 0 Å². The van der Waals surface area contributed by atoms with Crippen molar-refractivity contribution in [2.75, 3.05) is 13.2 Å². The maximum absolute atomic E-state index is 12.0. The van der Waals surface area contributed by atoms with Gasteiger partial charge in [-0.3, -0.25) is 0 Å². The summed E-state index contributed by atoms with van der Waals surface area (Å²) in [6, 6.07) is 0. The molecule has 33 heavy (non-hydrogen) atoms. The van der Waals surface area contributed by atoms with Gasteiger partial charge >= 0.3 is 5.97 Å². The van der Waals surface area contributed by atoms with Crippen LogP contribution in [0.4, 0.5) is 0 Å². The summed E-state index contributed by atoms with van der Waals surface area (Å²) in [5.74, 6) is -0.917. The predicted octanol–water partition coefficient (Wildman–Crippen LogP) is 5.94. The van der Waals surface area contributed by atoms with Gasteiger partial charge in [0.25, 0.3) is 0 Å². The highest BCUT2D eigenvalue weighted by atomic mass is 28.4. The minimum Gasteiger partial charge on any atom is -0.479 e. The molecule has 1 aliphatic carbocycles. The second-order valence-corrected chi connectivity index (χ2v) is 16.0. The summed E-state index contributed by atoms with van der Waals surface area (Å²) >= 11 is 0. The number of allylic oxidation sites excluding steroid dienone is 1. The second-order valence-electron chi connectivity index (χ2n) is 11.2. The van der Waals surface area contributed by atoms with Crippen LogP contribution < -0.4 is 0 Å². The Morgan fingerprint density at radius 1 is 1.21 bits per heavy atom. The Kier molecular flexibility index (Phi) is 9.95. The fourth-order valence-corrected chi connectivity index (χ4v) is 5.45. The zero-order valence-corrected chi connectivity index (χ0v) is 22.8. The molecule has 1 unspecified atom stereocenters. The van der Waals surface area contributed by atoms with E-state index in [2.05, 4.69) is 46.5 Å². The number of hydrogen-bond donors (Lipinski definition) is 1. The third-order valence-electron chi connectivity index (χ3n) is 7.59. The molecule has 6 nitrogen and oxygen atoms in total. The molecule has 0 aromatic carbocycles. The molecule has 190 valence electrons. The van der Waals surface area contributed by atoms with E-state index < -0.39 is 19.9 Å². The molecule has 1 heterocycles. The Morgan fingerprint density at radius 2 is 1.91 bits per heavy atom. The quantitative estimate of drug-likeness (QED) is 0.290. The van der Waals surface area contributed by atoms with Crippen molar-refractivity contribution in [3.63, 3.8) is 0 Å². The van der Waals surface area contributed by atoms with Crippen LogP contribution in [-0.4, -0.2) is 56.7 Å². The van der Waals surface area contributed by atoms with Gasteiger partial charge in [0, 0.05) is 37.9 Å². The maximum Gasteiger partial charge on any atom is 0.336 e. The summed E-state index contributed by atoms with van der Waals surface area (Å²) in [7, 11) is -1.97. The van der Waals surface area contributed by atoms with Gasteiger partial charge in [-0.1, -0.05) is 39.0 Å². The van der Waals surface area contributed by atoms with Crippen molar-refractivity contribution in [1.29, 1.82) is 0 Å². The molecule has 2 fully saturated rings. The predicted molar refractivity (Wildman–Crippen MR) is 134 cm³/mol. The Morgan fingerprint density at radius 3 is 2.42 bits per heavy atom. The first-order chi connectivity index (χ1) is 15.3. The molecule has 1 aliphatic heterocycles. The van der Waals surface area contributed by atoms with E-state index in [4.69, 9.17) is 18.6 Å². The Balaban J connectivity index is 2.30. The normalized spacial score (nSPS) is 30.9. The van der Waals surface area contributed by atoms with Crippen molar-refractivity contribution in [2.24, 2.45) is 11.8 Å². The molecule has 1 saturated carbocycles. The lowest BCUT2D eigenvalue weighted by atomic mass is 9.93. The van der Waals surface area contributed by atoms with Crippen molar-refractivity contribution in [3.8, 4) is 0 Å². The van der Waals surface area contributed by atoms with Crippen molar-refractivity contribution in [3.05, 3.63) is 24.8 Å². The number of carboxylic acids is 1. The lowest BCUT2D eigenvalue weighted by Gasteiger charge is -2.38. The van der Waals surface area contributed by atoms with E-state index in [1.165, 1.54) is 0 Å². The lowest BCUT2D eigenvalue weighted by molar-refractivity contribution is -0.198. The average molecular weight is 483 g/mol. The van der Waals surface area contributed by atoms with Crippen molar-refractivity contribution < 1.29 is 28.5 Å². The highest BCUT2D eigenvalue weighted by molar-refractivity contribution is 6.74. The van der Waals surface area contributed by atoms with Crippen LogP contribution in [-0.2, 0) is 23.4 Å². The maximum atomic E-state index is 12.0. The number of aliphatic carboxylic acids is 1. The third kappa shape index (κ3) is 7.25. The van der Waals surface area contributed by atoms with Gasteiger partial charge < -0.3 is 23.7 Å². The topological polar surface area (TPSA) is 74.2 Å². The Bertz CT molecular complexity index is 679. The van der Waals surface area contributed by atoms with E-state index in [1.54, 1.807) is 13.0 Å². The van der Waals surface area contributed by atoms with Gasteiger partial charge in [0.15, 0.2) is 20.2 Å². The van der Waals surface area contributed by atoms with E-state index in [0.717, 1.165) is 25.9 Å². The summed E-state index contributed by atoms with van der Waals surface area (Å²) in [6.07, 6.45) is 9.02. The van der Waals surface area contributed by atoms with Gasteiger partial charge in [-0.25, -0.2) is 4.79 Å². The monoisotopic (exact) mass is 482 g/mol. The summed E-state index contributed by atoms with van der Waals surface area (Å²) in [4.78, 5) is 12.0. The fraction of sp³-hybridized carbons (Fsp3) is 0.808. The molecule has 0 bridgehead atoms. The smallest absolute Gasteiger partial charge is 0.336 e. The molecular weight excluding hydrogens is 436 g/mol. The number of carbonyl (C=O) groups is 1. The second kappa shape index (κ2) is 11.6. The zero-order valence-electron chi connectivity index (χ0n) is 21.8. The van der Waals surface area contributed by atoms with Gasteiger partial charge in [0.05, 0.1) is 12.2 Å². The summed E-state index contributed by atoms with van der Waals surface area (Å²) in [5.41, 5.74) is -1.33. The molecule has 6 atom stereocenters. The number of rotatable bonds is 11. The number of carboxylic acid groups (broad SMARTS) is 1. The molecule has 0 spiro atoms. The molecule has 7 heteroatoms. The van der Waals surface area contributed by atoms with Crippen LogP contribution in [0.3, 0.4) is 0 Å². The van der Waals surface area contributed by atoms with E-state index >= 15 is 0 Å². The van der Waals surface area contributed by atoms with E-state index in [0.29, 0.717) is 13.0 Å². The number of ether oxygens (including phenoxy) is 3. The van der Waals surface area contributed by atoms with Gasteiger partial charge in [0.2, 0.25) is 0 Å². The Labute approximate surface area is 201 Å². The largest absolute Gasteiger partial charge is 0.479 e. The lowest BCUT2D eigenvalue weighted by Crippen LogP contribution is -2.44. The standard InChI is InChI=1S/C26H46O6Si/c1-9-13-19-20(18-30-33(7,8)25(3,4)5)21(31-23-14-11-12-16-29-23)17-22(19)32-26(6,15-10-2)24(27)28/h9-10,13,19-23H,2,11-12,14-18H2,1,3-8H3,(H,27,28)/t19-,20-,21-,22+,23?,26+/m1/s1. The van der Waals surface area contributed by atoms with Gasteiger partial charge in [-0.15, -0.1) is 6.58 Å². The minimum absolute atomic E-state index is 0.00292. The minimum atomic E-state index is -1.97. The van der Waals surface area contributed by atoms with E-state index in [9.17, 15) is 9.90 Å². The van der Waals surface area contributed by atoms with Gasteiger partial charge in [-0.05, 0) is 51.2 Å². The fourth-order valence-electron chi connectivity index (χ4n) is 4.40. The molecule has 1 saturated heterocycles. The summed E-state index contributed by atoms with van der Waals surface area (Å²) in [5, 5.41) is 9.97. The molecule has 2 rings (SSSR count). The van der Waals surface area contributed by atoms with E-state index in [-0.39, 0.29) is 41.8 Å². The molecule has 0 amide bonds. The average Bonchev–Trinajstić information content (AvgIpc) is 3.02. The first-order valence-electron chi connectivity index (χ1n) is 12.4. The highest BCUT2D eigenvalue weighted by Crippen LogP contribution is 2.43. The molecule has 0 radical (unpaired) electrons. The SMILES string of the molecule is C=CC[C@](C)(O[C@H]1C[C@@H](OC2CCCCO2)[C@H](CO[Si](C)(C)C(C)(C)C)[C@H]1C=CC)C(=O)O. The molecule has 2 aliphatic rings. The van der Waals surface area contributed by atoms with Crippen LogP contribution in [0.5, 0.6) is 0 Å². The molecule has 0 aromatic rings. The van der Waals surface area contributed by atoms with Crippen LogP contribution in [0.15, 0.2) is 24.8 Å². The first kappa shape index (κ1) is 28.2. The zero-order chi connectivity index (χ0) is 24.9. The van der Waals surface area contributed by atoms with Crippen molar-refractivity contribution in [1.82, 2.24) is 0 Å². The van der Waals surface area contributed by atoms with Crippen LogP contribution in [0, 0.1) is 11.8 Å². The summed E-state index contributed by atoms with van der Waals surface area (Å²) < 4.78 is 25.3. The molecular formula is C26H46O6Si. The molecule has 0 aromatic heterocycles. The van der Waals surface area contributed by atoms with E-state index in [1.807, 2.05) is 13.0 Å². The van der Waals surface area contributed by atoms with Crippen LogP contribution in [0.1, 0.15) is 66.7 Å². The van der Waals surface area contributed by atoms with Crippen molar-refractivity contribution >= 4 is 14.3 Å². The first-order valence-corrected chi connectivity index (χ1v) is 15.3. The summed E-state index contributed by atoms with van der Waals surface area (Å²) in [6.45, 7) is 19.9. The van der Waals surface area contributed by atoms with Gasteiger partial charge in [0.1, 0.15) is 0 Å².